The molecular formula is C59H58N4O13. The molecule has 0 fully saturated rings. The summed E-state index contributed by atoms with van der Waals surface area (Å²) in [7, 11) is 18.8. The van der Waals surface area contributed by atoms with Gasteiger partial charge in [-0.2, -0.15) is 0 Å². The molecule has 8 bridgehead atoms. The summed E-state index contributed by atoms with van der Waals surface area (Å²) in [6.45, 7) is 1.51. The number of carbonyl (C=O) groups is 1. The first kappa shape index (κ1) is 51.5. The summed E-state index contributed by atoms with van der Waals surface area (Å²) < 4.78 is 70.6. The number of rotatable bonds is 17. The Morgan fingerprint density at radius 1 is 0.368 bits per heavy atom. The second-order valence-corrected chi connectivity index (χ2v) is 17.2. The third-order valence-corrected chi connectivity index (χ3v) is 13.1. The van der Waals surface area contributed by atoms with Crippen LogP contribution in [0.3, 0.4) is 0 Å². The average Bonchev–Trinajstić information content (AvgIpc) is 4.31. The molecule has 0 spiro atoms. The Morgan fingerprint density at radius 3 is 0.961 bits per heavy atom. The van der Waals surface area contributed by atoms with E-state index in [-0.39, 0.29) is 5.78 Å². The molecular weight excluding hydrogens is 973 g/mol. The fourth-order valence-corrected chi connectivity index (χ4v) is 9.84. The van der Waals surface area contributed by atoms with Crippen molar-refractivity contribution >= 4 is 57.0 Å². The Kier molecular flexibility index (Phi) is 14.6. The fourth-order valence-electron chi connectivity index (χ4n) is 9.84. The highest BCUT2D eigenvalue weighted by molar-refractivity contribution is 6.09. The van der Waals surface area contributed by atoms with E-state index in [0.29, 0.717) is 163 Å². The number of Topliss-reactive ketones (excluding diaryl/α,β-unsaturated/α-hetero) is 1. The normalized spacial score (nSPS) is 11.6. The number of ether oxygens (including phenoxy) is 12. The van der Waals surface area contributed by atoms with Crippen LogP contribution in [0.4, 0.5) is 0 Å². The topological polar surface area (TPSA) is 188 Å². The van der Waals surface area contributed by atoms with Crippen molar-refractivity contribution in [2.45, 2.75) is 6.92 Å². The van der Waals surface area contributed by atoms with Gasteiger partial charge in [0.1, 0.15) is 0 Å². The summed E-state index contributed by atoms with van der Waals surface area (Å²) in [4.78, 5) is 30.2. The predicted molar refractivity (Wildman–Crippen MR) is 295 cm³/mol. The molecule has 4 aromatic heterocycles. The minimum Gasteiger partial charge on any atom is -0.493 e. The van der Waals surface area contributed by atoms with Gasteiger partial charge in [0, 0.05) is 61.3 Å². The molecule has 1 aliphatic rings. The zero-order valence-electron chi connectivity index (χ0n) is 44.5. The lowest BCUT2D eigenvalue weighted by Gasteiger charge is -2.15. The second kappa shape index (κ2) is 21.6. The second-order valence-electron chi connectivity index (χ2n) is 17.2. The number of nitrogens with zero attached hydrogens (tertiary/aromatic N) is 1. The van der Waals surface area contributed by atoms with Crippen molar-refractivity contribution in [3.8, 4) is 114 Å². The van der Waals surface area contributed by atoms with Crippen molar-refractivity contribution in [1.82, 2.24) is 19.9 Å². The minimum absolute atomic E-state index is 0.200. The number of benzene rings is 4. The lowest BCUT2D eigenvalue weighted by molar-refractivity contribution is -0.111. The Labute approximate surface area is 438 Å². The number of carbonyl (C=O) groups excluding carboxylic acids is 1. The SMILES string of the molecule is COc1cc(-c2c3nc(c(-c4cc(OC)c(OC)c(OC)c4)c4ccc([nH]4)c(-c4cc(OC)c(OC)c(OC)c4)c4cc([nH]/c4=C\C(C)=O)c(-c4cc(OC)c(OC)c(OC)c4)c4ccc2[nH]4)C=C3)cc(OC)c1OC. The molecule has 0 unspecified atom stereocenters. The van der Waals surface area contributed by atoms with E-state index in [4.69, 9.17) is 61.8 Å². The van der Waals surface area contributed by atoms with Gasteiger partial charge in [-0.05, 0) is 120 Å². The van der Waals surface area contributed by atoms with E-state index in [1.807, 2.05) is 91.0 Å². The van der Waals surface area contributed by atoms with Crippen LogP contribution in [0.2, 0.25) is 0 Å². The maximum Gasteiger partial charge on any atom is 0.203 e. The van der Waals surface area contributed by atoms with Crippen LogP contribution in [-0.2, 0) is 4.79 Å². The number of H-pyrrole nitrogens is 3. The van der Waals surface area contributed by atoms with Crippen LogP contribution in [0, 0.1) is 0 Å². The Balaban J connectivity index is 1.58. The van der Waals surface area contributed by atoms with Crippen molar-refractivity contribution < 1.29 is 61.6 Å². The standard InChI is InChI=1S/C59H58N4O13/c1-30(64)20-42-35-29-43(63-42)55(34-27-50(71-8)59(76-13)51(28-34)72-9)41-19-18-40(62-41)54(33-25-48(69-6)58(75-12)49(26-33)70-7)39-17-16-38(61-39)53(32-23-46(67-4)57(74-11)47(24-32)68-5)37-15-14-36(60-37)52(35)31-21-44(65-2)56(73-10)45(22-31)66-3/h14-29,60,62-63H,1-13H3/b42-20-,52-35?,52-36?,53-37?,53-38?,54-39?,54-40?,55-41?,55-43?. The quantitative estimate of drug-likeness (QED) is 0.0781. The van der Waals surface area contributed by atoms with Crippen molar-refractivity contribution in [3.63, 3.8) is 0 Å². The number of methoxy groups -OCH3 is 12. The molecule has 0 saturated carbocycles. The highest BCUT2D eigenvalue weighted by atomic mass is 16.5. The number of hydrogen-bond donors (Lipinski definition) is 3. The van der Waals surface area contributed by atoms with E-state index < -0.39 is 0 Å². The predicted octanol–water partition coefficient (Wildman–Crippen LogP) is 11.1. The smallest absolute Gasteiger partial charge is 0.203 e. The lowest BCUT2D eigenvalue weighted by atomic mass is 10.0. The minimum atomic E-state index is -0.200. The molecule has 392 valence electrons. The van der Waals surface area contributed by atoms with Crippen LogP contribution in [0.25, 0.3) is 95.7 Å². The van der Waals surface area contributed by atoms with Crippen molar-refractivity contribution in [1.29, 1.82) is 0 Å². The van der Waals surface area contributed by atoms with Gasteiger partial charge in [-0.1, -0.05) is 0 Å². The van der Waals surface area contributed by atoms with E-state index in [0.717, 1.165) is 0 Å². The maximum atomic E-state index is 13.5. The third-order valence-electron chi connectivity index (χ3n) is 13.1. The third kappa shape index (κ3) is 9.09. The fraction of sp³-hybridized carbons (Fsp3) is 0.220. The van der Waals surface area contributed by atoms with Gasteiger partial charge in [-0.25, -0.2) is 4.98 Å². The van der Waals surface area contributed by atoms with E-state index in [9.17, 15) is 4.79 Å². The van der Waals surface area contributed by atoms with Gasteiger partial charge in [0.2, 0.25) is 23.0 Å². The van der Waals surface area contributed by atoms with E-state index in [2.05, 4.69) is 15.0 Å². The molecule has 8 aromatic rings. The lowest BCUT2D eigenvalue weighted by Crippen LogP contribution is -2.06. The van der Waals surface area contributed by atoms with Crippen molar-refractivity contribution in [2.24, 2.45) is 0 Å². The van der Waals surface area contributed by atoms with Crippen LogP contribution >= 0.6 is 0 Å². The summed E-state index contributed by atoms with van der Waals surface area (Å²) in [5.74, 6) is 4.88. The average molecular weight is 1030 g/mol. The number of ketones is 1. The number of nitrogens with one attached hydrogen (secondary N) is 3. The van der Waals surface area contributed by atoms with Gasteiger partial charge in [-0.3, -0.25) is 4.79 Å². The van der Waals surface area contributed by atoms with Gasteiger partial charge < -0.3 is 71.8 Å². The molecule has 17 nitrogen and oxygen atoms in total. The summed E-state index contributed by atoms with van der Waals surface area (Å²) in [5.41, 5.74) is 9.92. The molecule has 4 aromatic carbocycles. The van der Waals surface area contributed by atoms with Crippen LogP contribution in [-0.4, -0.2) is 111 Å². The zero-order valence-corrected chi connectivity index (χ0v) is 44.5. The largest absolute Gasteiger partial charge is 0.493 e. The summed E-state index contributed by atoms with van der Waals surface area (Å²) >= 11 is 0. The number of aromatic nitrogens is 4. The highest BCUT2D eigenvalue weighted by Gasteiger charge is 2.25. The summed E-state index contributed by atoms with van der Waals surface area (Å²) in [6.07, 6.45) is 5.50. The summed E-state index contributed by atoms with van der Waals surface area (Å²) in [5, 5.41) is 1.15. The van der Waals surface area contributed by atoms with Gasteiger partial charge in [0.05, 0.1) is 102 Å². The van der Waals surface area contributed by atoms with E-state index in [1.165, 1.54) is 6.92 Å². The first-order valence-electron chi connectivity index (χ1n) is 23.8. The summed E-state index contributed by atoms with van der Waals surface area (Å²) in [6, 6.07) is 25.0. The molecule has 1 aliphatic heterocycles. The molecule has 0 atom stereocenters. The Morgan fingerprint density at radius 2 is 0.658 bits per heavy atom. The monoisotopic (exact) mass is 1030 g/mol. The van der Waals surface area contributed by atoms with Crippen LogP contribution in [0.5, 0.6) is 69.0 Å². The molecule has 0 aliphatic carbocycles. The molecule has 17 heteroatoms. The molecule has 3 N–H and O–H groups in total. The number of hydrogen-bond acceptors (Lipinski definition) is 14. The zero-order chi connectivity index (χ0) is 53.9. The molecule has 0 amide bonds. The molecule has 76 heavy (non-hydrogen) atoms. The molecule has 5 heterocycles. The number of aromatic amines is 3. The maximum absolute atomic E-state index is 13.5. The van der Waals surface area contributed by atoms with Crippen molar-refractivity contribution in [2.75, 3.05) is 85.3 Å². The van der Waals surface area contributed by atoms with E-state index >= 15 is 0 Å². The van der Waals surface area contributed by atoms with Crippen LogP contribution in [0.1, 0.15) is 18.3 Å². The first-order chi connectivity index (χ1) is 36.9. The Hall–Kier alpha value is -9.38. The molecule has 9 rings (SSSR count). The van der Waals surface area contributed by atoms with Crippen LogP contribution in [0.15, 0.2) is 78.9 Å². The highest BCUT2D eigenvalue weighted by Crippen LogP contribution is 2.48. The molecule has 0 radical (unpaired) electrons. The van der Waals surface area contributed by atoms with Crippen molar-refractivity contribution in [3.05, 3.63) is 95.6 Å². The first-order valence-corrected chi connectivity index (χ1v) is 23.8. The van der Waals surface area contributed by atoms with Gasteiger partial charge >= 0.3 is 0 Å². The Bertz CT molecular complexity index is 3710. The van der Waals surface area contributed by atoms with Gasteiger partial charge in [0.15, 0.2) is 51.8 Å². The van der Waals surface area contributed by atoms with Gasteiger partial charge in [-0.15, -0.1) is 0 Å². The molecule has 0 saturated heterocycles. The van der Waals surface area contributed by atoms with E-state index in [1.54, 1.807) is 91.4 Å². The van der Waals surface area contributed by atoms with Crippen LogP contribution < -0.4 is 62.2 Å². The number of fused-ring (bicyclic) bond motifs is 8. The van der Waals surface area contributed by atoms with Gasteiger partial charge in [0.25, 0.3) is 0 Å².